The zero-order valence-corrected chi connectivity index (χ0v) is 14.0. The van der Waals surface area contributed by atoms with Gasteiger partial charge in [0, 0.05) is 13.1 Å². The van der Waals surface area contributed by atoms with Gasteiger partial charge in [0.25, 0.3) is 0 Å². The zero-order valence-electron chi connectivity index (χ0n) is 14.0. The molecular formula is C17H16N4O4. The van der Waals surface area contributed by atoms with Gasteiger partial charge in [0.2, 0.25) is 5.88 Å². The summed E-state index contributed by atoms with van der Waals surface area (Å²) in [5.74, 6) is 0.942. The number of esters is 1. The number of hydrogen-bond donors (Lipinski definition) is 0. The Morgan fingerprint density at radius 2 is 2.04 bits per heavy atom. The van der Waals surface area contributed by atoms with E-state index < -0.39 is 5.97 Å². The van der Waals surface area contributed by atoms with Gasteiger partial charge in [0.05, 0.1) is 20.4 Å². The summed E-state index contributed by atoms with van der Waals surface area (Å²) in [5, 5.41) is 4.85. The lowest BCUT2D eigenvalue weighted by atomic mass is 10.2. The van der Waals surface area contributed by atoms with Gasteiger partial charge in [0.1, 0.15) is 11.7 Å². The minimum absolute atomic E-state index is 0.384. The number of nitrogens with zero attached hydrogens (tertiary/aromatic N) is 4. The number of benzene rings is 1. The fourth-order valence-corrected chi connectivity index (χ4v) is 2.23. The maximum absolute atomic E-state index is 11.2. The van der Waals surface area contributed by atoms with Crippen molar-refractivity contribution >= 4 is 23.1 Å². The summed E-state index contributed by atoms with van der Waals surface area (Å²) in [4.78, 5) is 19.5. The minimum Gasteiger partial charge on any atom is -0.493 e. The highest BCUT2D eigenvalue weighted by Crippen LogP contribution is 2.34. The van der Waals surface area contributed by atoms with Crippen LogP contribution in [0.3, 0.4) is 0 Å². The van der Waals surface area contributed by atoms with E-state index in [9.17, 15) is 4.79 Å². The van der Waals surface area contributed by atoms with Crippen molar-refractivity contribution in [1.82, 2.24) is 19.7 Å². The van der Waals surface area contributed by atoms with Gasteiger partial charge >= 0.3 is 5.97 Å². The molecule has 8 nitrogen and oxygen atoms in total. The van der Waals surface area contributed by atoms with Crippen LogP contribution in [0.25, 0.3) is 17.1 Å². The Kier molecular flexibility index (Phi) is 4.60. The van der Waals surface area contributed by atoms with Crippen molar-refractivity contribution < 1.29 is 19.0 Å². The van der Waals surface area contributed by atoms with Crippen LogP contribution in [0.4, 0.5) is 0 Å². The lowest BCUT2D eigenvalue weighted by Gasteiger charge is -2.10. The van der Waals surface area contributed by atoms with Crippen molar-refractivity contribution in [2.75, 3.05) is 14.2 Å². The molecule has 128 valence electrons. The predicted octanol–water partition coefficient (Wildman–Crippen LogP) is 2.35. The Morgan fingerprint density at radius 1 is 1.20 bits per heavy atom. The molecule has 0 aliphatic rings. The number of carbonyl (C=O) groups is 1. The first kappa shape index (κ1) is 16.4. The van der Waals surface area contributed by atoms with Gasteiger partial charge in [-0.05, 0) is 23.8 Å². The quantitative estimate of drug-likeness (QED) is 0.520. The van der Waals surface area contributed by atoms with E-state index in [4.69, 9.17) is 9.47 Å². The first-order chi connectivity index (χ1) is 12.1. The van der Waals surface area contributed by atoms with Crippen LogP contribution in [0.15, 0.2) is 36.8 Å². The molecule has 3 rings (SSSR count). The average Bonchev–Trinajstić information content (AvgIpc) is 3.02. The normalized spacial score (nSPS) is 11.0. The molecule has 0 N–H and O–H groups in total. The third kappa shape index (κ3) is 3.42. The van der Waals surface area contributed by atoms with Gasteiger partial charge in [-0.1, -0.05) is 6.07 Å². The van der Waals surface area contributed by atoms with Crippen molar-refractivity contribution in [3.8, 4) is 17.4 Å². The van der Waals surface area contributed by atoms with Gasteiger partial charge in [-0.25, -0.2) is 14.8 Å². The maximum Gasteiger partial charge on any atom is 0.330 e. The number of rotatable bonds is 5. The first-order valence-electron chi connectivity index (χ1n) is 7.37. The van der Waals surface area contributed by atoms with Crippen molar-refractivity contribution in [1.29, 1.82) is 0 Å². The highest BCUT2D eigenvalue weighted by atomic mass is 16.5. The zero-order chi connectivity index (χ0) is 17.8. The summed E-state index contributed by atoms with van der Waals surface area (Å²) in [6.07, 6.45) is 6.02. The lowest BCUT2D eigenvalue weighted by molar-refractivity contribution is -0.134. The molecule has 1 aromatic carbocycles. The lowest BCUT2D eigenvalue weighted by Crippen LogP contribution is -1.96. The van der Waals surface area contributed by atoms with Crippen molar-refractivity contribution in [2.24, 2.45) is 7.05 Å². The largest absolute Gasteiger partial charge is 0.493 e. The third-order valence-corrected chi connectivity index (χ3v) is 3.50. The number of hydrogen-bond acceptors (Lipinski definition) is 7. The van der Waals surface area contributed by atoms with Crippen LogP contribution in [0.5, 0.6) is 17.4 Å². The molecule has 0 unspecified atom stereocenters. The van der Waals surface area contributed by atoms with Gasteiger partial charge < -0.3 is 14.2 Å². The van der Waals surface area contributed by atoms with E-state index in [2.05, 4.69) is 19.8 Å². The molecule has 0 aliphatic heterocycles. The SMILES string of the molecule is COC(=O)C=Cc1ccc(Oc2ncnc3c2cnn3C)c(OC)c1. The molecule has 0 spiro atoms. The van der Waals surface area contributed by atoms with Crippen LogP contribution in [-0.2, 0) is 16.6 Å². The van der Waals surface area contributed by atoms with E-state index in [-0.39, 0.29) is 0 Å². The van der Waals surface area contributed by atoms with Crippen LogP contribution in [0.1, 0.15) is 5.56 Å². The topological polar surface area (TPSA) is 88.4 Å². The summed E-state index contributed by atoms with van der Waals surface area (Å²) in [6.45, 7) is 0. The van der Waals surface area contributed by atoms with Crippen LogP contribution in [-0.4, -0.2) is 39.9 Å². The van der Waals surface area contributed by atoms with E-state index in [0.717, 1.165) is 5.56 Å². The van der Waals surface area contributed by atoms with Gasteiger partial charge in [-0.2, -0.15) is 5.10 Å². The molecular weight excluding hydrogens is 324 g/mol. The second-order valence-corrected chi connectivity index (χ2v) is 5.05. The van der Waals surface area contributed by atoms with Gasteiger partial charge in [0.15, 0.2) is 17.1 Å². The molecule has 0 radical (unpaired) electrons. The van der Waals surface area contributed by atoms with E-state index in [1.54, 1.807) is 42.2 Å². The van der Waals surface area contributed by atoms with E-state index >= 15 is 0 Å². The Labute approximate surface area is 143 Å². The van der Waals surface area contributed by atoms with E-state index in [1.807, 2.05) is 0 Å². The van der Waals surface area contributed by atoms with E-state index in [1.165, 1.54) is 26.6 Å². The number of fused-ring (bicyclic) bond motifs is 1. The molecule has 0 aliphatic carbocycles. The molecule has 2 aromatic heterocycles. The predicted molar refractivity (Wildman–Crippen MR) is 90.4 cm³/mol. The summed E-state index contributed by atoms with van der Waals surface area (Å²) in [5.41, 5.74) is 1.44. The Hall–Kier alpha value is -3.42. The summed E-state index contributed by atoms with van der Waals surface area (Å²) < 4.78 is 17.5. The smallest absolute Gasteiger partial charge is 0.330 e. The Balaban J connectivity index is 1.91. The molecule has 0 atom stereocenters. The molecule has 0 fully saturated rings. The number of ether oxygens (including phenoxy) is 3. The third-order valence-electron chi connectivity index (χ3n) is 3.50. The van der Waals surface area contributed by atoms with Crippen molar-refractivity contribution in [3.63, 3.8) is 0 Å². The van der Waals surface area contributed by atoms with E-state index in [0.29, 0.717) is 28.4 Å². The molecule has 3 aromatic rings. The maximum atomic E-state index is 11.2. The minimum atomic E-state index is -0.431. The molecule has 0 saturated heterocycles. The van der Waals surface area contributed by atoms with Crippen LogP contribution in [0.2, 0.25) is 0 Å². The Morgan fingerprint density at radius 3 is 2.80 bits per heavy atom. The van der Waals surface area contributed by atoms with Gasteiger partial charge in [-0.3, -0.25) is 4.68 Å². The molecule has 8 heteroatoms. The number of methoxy groups -OCH3 is 2. The highest BCUT2D eigenvalue weighted by molar-refractivity contribution is 5.87. The van der Waals surface area contributed by atoms with Crippen LogP contribution >= 0.6 is 0 Å². The molecule has 0 bridgehead atoms. The average molecular weight is 340 g/mol. The fraction of sp³-hybridized carbons (Fsp3) is 0.176. The first-order valence-corrected chi connectivity index (χ1v) is 7.37. The molecule has 2 heterocycles. The molecule has 0 saturated carbocycles. The number of carbonyl (C=O) groups excluding carboxylic acids is 1. The van der Waals surface area contributed by atoms with Crippen LogP contribution in [0, 0.1) is 0 Å². The summed E-state index contributed by atoms with van der Waals surface area (Å²) in [6, 6.07) is 5.27. The molecule has 0 amide bonds. The second-order valence-electron chi connectivity index (χ2n) is 5.05. The highest BCUT2D eigenvalue weighted by Gasteiger charge is 2.13. The van der Waals surface area contributed by atoms with Gasteiger partial charge in [-0.15, -0.1) is 0 Å². The Bertz CT molecular complexity index is 949. The van der Waals surface area contributed by atoms with Crippen LogP contribution < -0.4 is 9.47 Å². The fourth-order valence-electron chi connectivity index (χ4n) is 2.23. The van der Waals surface area contributed by atoms with Crippen molar-refractivity contribution in [2.45, 2.75) is 0 Å². The number of aromatic nitrogens is 4. The second kappa shape index (κ2) is 7.00. The molecule has 25 heavy (non-hydrogen) atoms. The monoisotopic (exact) mass is 340 g/mol. The summed E-state index contributed by atoms with van der Waals surface area (Å²) in [7, 11) is 4.66. The number of aryl methyl sites for hydroxylation is 1. The standard InChI is InChI=1S/C17H16N4O4/c1-21-16-12(9-20-21)17(19-10-18-16)25-13-6-4-11(8-14(13)23-2)5-7-15(22)24-3/h4-10H,1-3H3. The summed E-state index contributed by atoms with van der Waals surface area (Å²) >= 11 is 0. The van der Waals surface area contributed by atoms with Crippen molar-refractivity contribution in [3.05, 3.63) is 42.4 Å².